The summed E-state index contributed by atoms with van der Waals surface area (Å²) in [5.41, 5.74) is 3.14. The van der Waals surface area contributed by atoms with E-state index in [4.69, 9.17) is 0 Å². The maximum absolute atomic E-state index is 11.3. The zero-order valence-electron chi connectivity index (χ0n) is 29.2. The molecule has 5 nitrogen and oxygen atoms in total. The van der Waals surface area contributed by atoms with Crippen molar-refractivity contribution in [2.45, 2.75) is 113 Å². The molecule has 0 saturated heterocycles. The van der Waals surface area contributed by atoms with Crippen molar-refractivity contribution in [3.05, 3.63) is 42.5 Å². The minimum absolute atomic E-state index is 0.0106. The largest absolute Gasteiger partial charge is 0.475 e. The Hall–Kier alpha value is -2.89. The number of fused-ring (bicyclic) bond motifs is 7. The molecule has 45 heavy (non-hydrogen) atoms. The topological polar surface area (TPSA) is 83.3 Å². The zero-order valence-corrected chi connectivity index (χ0v) is 29.2. The molecule has 2 N–H and O–H groups in total. The minimum atomic E-state index is -1.08. The second-order valence-corrected chi connectivity index (χ2v) is 14.6. The number of hydrogen-bond donors (Lipinski definition) is 2. The van der Waals surface area contributed by atoms with E-state index in [-0.39, 0.29) is 22.1 Å². The highest BCUT2D eigenvalue weighted by molar-refractivity contribution is 5.83. The van der Waals surface area contributed by atoms with Gasteiger partial charge in [-0.25, -0.2) is 14.8 Å². The highest BCUT2D eigenvalue weighted by Crippen LogP contribution is 2.73. The summed E-state index contributed by atoms with van der Waals surface area (Å²) in [5.74, 6) is 2.46. The van der Waals surface area contributed by atoms with Gasteiger partial charge in [0.25, 0.3) is 0 Å². The molecule has 5 aliphatic carbocycles. The average molecular weight is 617 g/mol. The summed E-state index contributed by atoms with van der Waals surface area (Å²) in [5, 5.41) is 19.6. The van der Waals surface area contributed by atoms with Crippen LogP contribution >= 0.6 is 0 Å². The predicted molar refractivity (Wildman–Crippen MR) is 187 cm³/mol. The van der Waals surface area contributed by atoms with E-state index in [0.717, 1.165) is 35.7 Å². The third-order valence-electron chi connectivity index (χ3n) is 12.7. The molecule has 1 aromatic heterocycles. The van der Waals surface area contributed by atoms with Crippen LogP contribution in [-0.2, 0) is 0 Å². The van der Waals surface area contributed by atoms with Gasteiger partial charge in [0, 0.05) is 24.6 Å². The second kappa shape index (κ2) is 15.6. The number of aliphatic hydroxyl groups excluding tert-OH is 1. The SMILES string of the molecule is C#C.C#C.C=CC.CC.CC1(C)C(c2cnc(C(=O)O)nc2)=CC[C@@]2(C)C1CC[C@@]1(C)C3CC[C@@]4(CO)CCCC4[C@H]3CCC12. The Morgan fingerprint density at radius 1 is 0.911 bits per heavy atom. The van der Waals surface area contributed by atoms with Crippen LogP contribution in [0.4, 0.5) is 0 Å². The van der Waals surface area contributed by atoms with Crippen LogP contribution in [0.25, 0.3) is 5.57 Å². The van der Waals surface area contributed by atoms with E-state index in [9.17, 15) is 15.0 Å². The van der Waals surface area contributed by atoms with Gasteiger partial charge < -0.3 is 10.2 Å². The van der Waals surface area contributed by atoms with Gasteiger partial charge in [0.05, 0.1) is 0 Å². The smallest absolute Gasteiger partial charge is 0.373 e. The molecule has 1 aromatic rings. The van der Waals surface area contributed by atoms with E-state index < -0.39 is 5.97 Å². The second-order valence-electron chi connectivity index (χ2n) is 14.6. The van der Waals surface area contributed by atoms with E-state index in [2.05, 4.69) is 76.0 Å². The molecule has 4 saturated carbocycles. The first kappa shape index (κ1) is 38.3. The predicted octanol–water partition coefficient (Wildman–Crippen LogP) is 9.34. The molecule has 0 aromatic carbocycles. The van der Waals surface area contributed by atoms with Gasteiger partial charge in [0.15, 0.2) is 0 Å². The maximum Gasteiger partial charge on any atom is 0.373 e. The van der Waals surface area contributed by atoms with Gasteiger partial charge in [-0.3, -0.25) is 0 Å². The summed E-state index contributed by atoms with van der Waals surface area (Å²) >= 11 is 0. The fraction of sp³-hybridized carbons (Fsp3) is 0.675. The molecule has 1 heterocycles. The highest BCUT2D eigenvalue weighted by atomic mass is 16.4. The first-order chi connectivity index (χ1) is 21.5. The van der Waals surface area contributed by atoms with E-state index in [1.54, 1.807) is 18.5 Å². The van der Waals surface area contributed by atoms with Gasteiger partial charge in [-0.2, -0.15) is 0 Å². The molecule has 5 aliphatic rings. The summed E-state index contributed by atoms with van der Waals surface area (Å²) in [4.78, 5) is 19.5. The number of allylic oxidation sites excluding steroid dienone is 3. The number of nitrogens with zero attached hydrogens (tertiary/aromatic N) is 2. The Labute approximate surface area is 274 Å². The maximum atomic E-state index is 11.3. The third-order valence-corrected chi connectivity index (χ3v) is 12.7. The standard InChI is InChI=1S/C31H44N2O3.C3H6.C2H6.2C2H2/c1-28(2)21(19-16-32-26(27(35)36)33-17-19)9-13-30(4)24(28)11-14-29(3)22-10-15-31(18-34)12-5-6-23(31)20(22)7-8-25(29)30;1-3-2;3*1-2/h9,16-17,20,22-25,34H,5-8,10-15,18H2,1-4H3,(H,35,36);3H,1H2,2H3;1-2H3;2*1-2H/t20-,22?,23?,24?,25?,29-,30-,31+;;;;/m0..../s1. The number of aromatic nitrogens is 2. The quantitative estimate of drug-likeness (QED) is 0.261. The average Bonchev–Trinajstić information content (AvgIpc) is 3.49. The number of hydrogen-bond acceptors (Lipinski definition) is 4. The number of carboxylic acid groups (broad SMARTS) is 1. The van der Waals surface area contributed by atoms with Crippen LogP contribution in [0.15, 0.2) is 31.1 Å². The van der Waals surface area contributed by atoms with Crippen LogP contribution < -0.4 is 0 Å². The van der Waals surface area contributed by atoms with Gasteiger partial charge in [0.1, 0.15) is 0 Å². The molecular formula is C40H60N2O3. The Morgan fingerprint density at radius 3 is 2.07 bits per heavy atom. The van der Waals surface area contributed by atoms with Crippen molar-refractivity contribution in [3.8, 4) is 25.7 Å². The normalized spacial score (nSPS) is 36.5. The van der Waals surface area contributed by atoms with Gasteiger partial charge in [0.2, 0.25) is 5.82 Å². The summed E-state index contributed by atoms with van der Waals surface area (Å²) in [6.07, 6.45) is 36.4. The first-order valence-corrected chi connectivity index (χ1v) is 17.1. The molecule has 6 rings (SSSR count). The van der Waals surface area contributed by atoms with Gasteiger partial charge in [-0.1, -0.05) is 60.1 Å². The molecule has 0 spiro atoms. The summed E-state index contributed by atoms with van der Waals surface area (Å²) in [7, 11) is 0. The van der Waals surface area contributed by atoms with Crippen LogP contribution in [0.1, 0.15) is 129 Å². The molecule has 0 bridgehead atoms. The van der Waals surface area contributed by atoms with E-state index in [1.807, 2.05) is 20.8 Å². The van der Waals surface area contributed by atoms with Crippen molar-refractivity contribution in [2.75, 3.05) is 6.61 Å². The van der Waals surface area contributed by atoms with Crippen molar-refractivity contribution in [3.63, 3.8) is 0 Å². The Bertz CT molecular complexity index is 1210. The molecule has 0 aliphatic heterocycles. The molecular weight excluding hydrogens is 556 g/mol. The monoisotopic (exact) mass is 616 g/mol. The highest BCUT2D eigenvalue weighted by Gasteiger charge is 2.65. The van der Waals surface area contributed by atoms with E-state index in [0.29, 0.717) is 17.9 Å². The summed E-state index contributed by atoms with van der Waals surface area (Å²) in [6.45, 7) is 19.7. The molecule has 0 amide bonds. The van der Waals surface area contributed by atoms with Crippen LogP contribution in [0.5, 0.6) is 0 Å². The Morgan fingerprint density at radius 2 is 1.51 bits per heavy atom. The first-order valence-electron chi connectivity index (χ1n) is 17.1. The molecule has 0 radical (unpaired) electrons. The molecule has 248 valence electrons. The van der Waals surface area contributed by atoms with Gasteiger partial charge in [-0.15, -0.1) is 32.3 Å². The summed E-state index contributed by atoms with van der Waals surface area (Å²) in [6, 6.07) is 0. The van der Waals surface area contributed by atoms with Crippen molar-refractivity contribution in [1.29, 1.82) is 0 Å². The molecule has 4 unspecified atom stereocenters. The lowest BCUT2D eigenvalue weighted by molar-refractivity contribution is -0.181. The van der Waals surface area contributed by atoms with E-state index in [1.165, 1.54) is 63.4 Å². The van der Waals surface area contributed by atoms with Crippen molar-refractivity contribution >= 4 is 11.5 Å². The summed E-state index contributed by atoms with van der Waals surface area (Å²) < 4.78 is 0. The number of rotatable bonds is 3. The number of terminal acetylenes is 2. The number of aliphatic hydroxyl groups is 1. The Balaban J connectivity index is 0.000000717. The van der Waals surface area contributed by atoms with Crippen LogP contribution in [0.2, 0.25) is 0 Å². The van der Waals surface area contributed by atoms with Gasteiger partial charge >= 0.3 is 5.97 Å². The minimum Gasteiger partial charge on any atom is -0.475 e. The molecule has 4 fully saturated rings. The lowest BCUT2D eigenvalue weighted by Gasteiger charge is -2.68. The van der Waals surface area contributed by atoms with Crippen molar-refractivity contribution in [1.82, 2.24) is 9.97 Å². The lowest BCUT2D eigenvalue weighted by atomic mass is 9.36. The van der Waals surface area contributed by atoms with Gasteiger partial charge in [-0.05, 0) is 122 Å². The molecule has 5 heteroatoms. The number of carbonyl (C=O) groups is 1. The Kier molecular flexibility index (Phi) is 13.3. The van der Waals surface area contributed by atoms with Crippen LogP contribution in [-0.4, -0.2) is 32.8 Å². The fourth-order valence-corrected chi connectivity index (χ4v) is 11.3. The van der Waals surface area contributed by atoms with Crippen LogP contribution in [0.3, 0.4) is 0 Å². The molecule has 8 atom stereocenters. The van der Waals surface area contributed by atoms with Crippen LogP contribution in [0, 0.1) is 76.9 Å². The van der Waals surface area contributed by atoms with E-state index >= 15 is 0 Å². The lowest BCUT2D eigenvalue weighted by Crippen LogP contribution is -2.61. The number of aromatic carboxylic acids is 1. The fourth-order valence-electron chi connectivity index (χ4n) is 11.3. The zero-order chi connectivity index (χ0) is 34.2. The van der Waals surface area contributed by atoms with Crippen molar-refractivity contribution in [2.24, 2.45) is 51.2 Å². The third kappa shape index (κ3) is 6.53. The van der Waals surface area contributed by atoms with Crippen molar-refractivity contribution < 1.29 is 15.0 Å². The number of carboxylic acids is 1.